The number of benzene rings is 2. The zero-order valence-corrected chi connectivity index (χ0v) is 13.8. The Hall–Kier alpha value is -2.58. The fraction of sp³-hybridized carbons (Fsp3) is 0.188. The summed E-state index contributed by atoms with van der Waals surface area (Å²) in [7, 11) is -4.08. The fourth-order valence-electron chi connectivity index (χ4n) is 1.98. The number of carbonyl (C=O) groups is 1. The molecule has 24 heavy (non-hydrogen) atoms. The lowest BCUT2D eigenvalue weighted by atomic mass is 10.1. The van der Waals surface area contributed by atoms with Crippen LogP contribution in [0.2, 0.25) is 0 Å². The van der Waals surface area contributed by atoms with Crippen molar-refractivity contribution in [2.75, 3.05) is 0 Å². The molecule has 0 aliphatic carbocycles. The summed E-state index contributed by atoms with van der Waals surface area (Å²) in [6, 6.07) is 10.9. The second-order valence-corrected chi connectivity index (χ2v) is 6.75. The number of nitro benzene ring substituents is 1. The van der Waals surface area contributed by atoms with Gasteiger partial charge in [0.1, 0.15) is 6.10 Å². The average Bonchev–Trinajstić information content (AvgIpc) is 2.54. The van der Waals surface area contributed by atoms with Gasteiger partial charge in [-0.2, -0.15) is 8.42 Å². The monoisotopic (exact) mass is 349 g/mol. The van der Waals surface area contributed by atoms with Gasteiger partial charge in [-0.3, -0.25) is 19.1 Å². The Bertz CT molecular complexity index is 856. The Morgan fingerprint density at radius 3 is 2.12 bits per heavy atom. The Morgan fingerprint density at radius 2 is 1.62 bits per heavy atom. The zero-order chi connectivity index (χ0) is 17.9. The molecule has 0 saturated heterocycles. The molecule has 0 aliphatic rings. The van der Waals surface area contributed by atoms with E-state index < -0.39 is 26.9 Å². The minimum absolute atomic E-state index is 0.0450. The van der Waals surface area contributed by atoms with E-state index in [1.54, 1.807) is 12.1 Å². The molecule has 0 saturated carbocycles. The molecule has 0 radical (unpaired) electrons. The predicted octanol–water partition coefficient (Wildman–Crippen LogP) is 2.88. The Labute approximate surface area is 139 Å². The maximum absolute atomic E-state index is 12.2. The smallest absolute Gasteiger partial charge is 0.291 e. The Kier molecular flexibility index (Phi) is 5.10. The van der Waals surface area contributed by atoms with Crippen molar-refractivity contribution in [3.63, 3.8) is 0 Å². The summed E-state index contributed by atoms with van der Waals surface area (Å²) in [5.41, 5.74) is 0.864. The molecular formula is C16H15NO6S. The number of rotatable bonds is 6. The van der Waals surface area contributed by atoms with Gasteiger partial charge in [-0.15, -0.1) is 0 Å². The van der Waals surface area contributed by atoms with Gasteiger partial charge in [-0.25, -0.2) is 0 Å². The molecule has 2 aromatic carbocycles. The van der Waals surface area contributed by atoms with Gasteiger partial charge in [0.2, 0.25) is 0 Å². The summed E-state index contributed by atoms with van der Waals surface area (Å²) in [6.07, 6.45) is -1.25. The van der Waals surface area contributed by atoms with Gasteiger partial charge in [0.05, 0.1) is 9.82 Å². The van der Waals surface area contributed by atoms with Gasteiger partial charge in [-0.1, -0.05) is 17.7 Å². The maximum Gasteiger partial charge on any atom is 0.297 e. The predicted molar refractivity (Wildman–Crippen MR) is 86.3 cm³/mol. The molecule has 0 bridgehead atoms. The molecule has 1 atom stereocenters. The summed E-state index contributed by atoms with van der Waals surface area (Å²) in [6.45, 7) is 3.13. The molecule has 0 spiro atoms. The van der Waals surface area contributed by atoms with Crippen molar-refractivity contribution in [1.29, 1.82) is 0 Å². The van der Waals surface area contributed by atoms with Crippen molar-refractivity contribution in [2.24, 2.45) is 0 Å². The summed E-state index contributed by atoms with van der Waals surface area (Å²) in [5.74, 6) is -0.583. The molecule has 8 heteroatoms. The number of carbonyl (C=O) groups excluding carboxylic acids is 1. The first-order chi connectivity index (χ1) is 11.2. The molecule has 2 aromatic rings. The largest absolute Gasteiger partial charge is 0.297 e. The van der Waals surface area contributed by atoms with E-state index in [0.29, 0.717) is 0 Å². The van der Waals surface area contributed by atoms with Crippen molar-refractivity contribution in [3.8, 4) is 0 Å². The minimum atomic E-state index is -4.08. The summed E-state index contributed by atoms with van der Waals surface area (Å²) < 4.78 is 29.3. The highest BCUT2D eigenvalue weighted by molar-refractivity contribution is 7.86. The van der Waals surface area contributed by atoms with E-state index in [4.69, 9.17) is 4.18 Å². The third-order valence-electron chi connectivity index (χ3n) is 3.31. The van der Waals surface area contributed by atoms with Gasteiger partial charge >= 0.3 is 0 Å². The van der Waals surface area contributed by atoms with Gasteiger partial charge < -0.3 is 0 Å². The van der Waals surface area contributed by atoms with E-state index in [0.717, 1.165) is 5.56 Å². The number of nitrogens with zero attached hydrogens (tertiary/aromatic N) is 1. The van der Waals surface area contributed by atoms with Gasteiger partial charge in [0, 0.05) is 17.7 Å². The third-order valence-corrected chi connectivity index (χ3v) is 4.70. The lowest BCUT2D eigenvalue weighted by Crippen LogP contribution is -2.24. The van der Waals surface area contributed by atoms with Crippen LogP contribution in [0, 0.1) is 17.0 Å². The molecule has 0 aliphatic heterocycles. The van der Waals surface area contributed by atoms with E-state index in [2.05, 4.69) is 0 Å². The van der Waals surface area contributed by atoms with Crippen molar-refractivity contribution in [3.05, 3.63) is 69.8 Å². The maximum atomic E-state index is 12.2. The first-order valence-electron chi connectivity index (χ1n) is 6.99. The van der Waals surface area contributed by atoms with Crippen LogP contribution in [0.4, 0.5) is 5.69 Å². The molecular weight excluding hydrogens is 334 g/mol. The number of ketones is 1. The van der Waals surface area contributed by atoms with Crippen molar-refractivity contribution in [1.82, 2.24) is 0 Å². The van der Waals surface area contributed by atoms with Crippen LogP contribution in [0.5, 0.6) is 0 Å². The molecule has 0 amide bonds. The van der Waals surface area contributed by atoms with Crippen LogP contribution in [0.1, 0.15) is 22.8 Å². The number of aryl methyl sites for hydroxylation is 1. The SMILES string of the molecule is Cc1ccc(S(=O)(=O)OC(C)C(=O)c2ccc([N+](=O)[O-])cc2)cc1. The second-order valence-electron chi connectivity index (χ2n) is 5.17. The zero-order valence-electron chi connectivity index (χ0n) is 13.0. The van der Waals surface area contributed by atoms with Crippen LogP contribution in [0.3, 0.4) is 0 Å². The highest BCUT2D eigenvalue weighted by Gasteiger charge is 2.25. The molecule has 0 aromatic heterocycles. The van der Waals surface area contributed by atoms with E-state index in [-0.39, 0.29) is 16.1 Å². The number of hydrogen-bond donors (Lipinski definition) is 0. The number of nitro groups is 1. The van der Waals surface area contributed by atoms with Crippen LogP contribution < -0.4 is 0 Å². The average molecular weight is 349 g/mol. The molecule has 7 nitrogen and oxygen atoms in total. The first kappa shape index (κ1) is 17.8. The standard InChI is InChI=1S/C16H15NO6S/c1-11-3-9-15(10-4-11)24(21,22)23-12(2)16(18)13-5-7-14(8-6-13)17(19)20/h3-10,12H,1-2H3. The van der Waals surface area contributed by atoms with Gasteiger partial charge in [0.25, 0.3) is 15.8 Å². The van der Waals surface area contributed by atoms with Crippen LogP contribution >= 0.6 is 0 Å². The number of Topliss-reactive ketones (excluding diaryl/α,β-unsaturated/α-hetero) is 1. The molecule has 126 valence electrons. The molecule has 0 fully saturated rings. The van der Waals surface area contributed by atoms with Crippen LogP contribution in [0.25, 0.3) is 0 Å². The molecule has 2 rings (SSSR count). The van der Waals surface area contributed by atoms with Gasteiger partial charge in [0.15, 0.2) is 5.78 Å². The summed E-state index contributed by atoms with van der Waals surface area (Å²) >= 11 is 0. The van der Waals surface area contributed by atoms with Crippen molar-refractivity contribution < 1.29 is 22.3 Å². The van der Waals surface area contributed by atoms with E-state index in [9.17, 15) is 23.3 Å². The molecule has 0 heterocycles. The van der Waals surface area contributed by atoms with Crippen molar-refractivity contribution >= 4 is 21.6 Å². The lowest BCUT2D eigenvalue weighted by Gasteiger charge is -2.12. The quantitative estimate of drug-likeness (QED) is 0.344. The highest BCUT2D eigenvalue weighted by atomic mass is 32.2. The first-order valence-corrected chi connectivity index (χ1v) is 8.40. The minimum Gasteiger partial charge on any atom is -0.291 e. The molecule has 1 unspecified atom stereocenters. The van der Waals surface area contributed by atoms with E-state index in [1.807, 2.05) is 6.92 Å². The number of hydrogen-bond acceptors (Lipinski definition) is 6. The Morgan fingerprint density at radius 1 is 1.08 bits per heavy atom. The van der Waals surface area contributed by atoms with E-state index >= 15 is 0 Å². The normalized spacial score (nSPS) is 12.6. The second kappa shape index (κ2) is 6.90. The van der Waals surface area contributed by atoms with Crippen molar-refractivity contribution in [2.45, 2.75) is 24.8 Å². The molecule has 0 N–H and O–H groups in total. The number of non-ortho nitro benzene ring substituents is 1. The van der Waals surface area contributed by atoms with Crippen LogP contribution in [-0.2, 0) is 14.3 Å². The summed E-state index contributed by atoms with van der Waals surface area (Å²) in [5, 5.41) is 10.6. The van der Waals surface area contributed by atoms with Crippen LogP contribution in [0.15, 0.2) is 53.4 Å². The lowest BCUT2D eigenvalue weighted by molar-refractivity contribution is -0.384. The third kappa shape index (κ3) is 4.03. The Balaban J connectivity index is 2.16. The summed E-state index contributed by atoms with van der Waals surface area (Å²) in [4.78, 5) is 22.2. The van der Waals surface area contributed by atoms with Crippen LogP contribution in [-0.4, -0.2) is 25.2 Å². The van der Waals surface area contributed by atoms with Gasteiger partial charge in [-0.05, 0) is 38.1 Å². The fourth-order valence-corrected chi connectivity index (χ4v) is 3.02. The topological polar surface area (TPSA) is 104 Å². The van der Waals surface area contributed by atoms with E-state index in [1.165, 1.54) is 43.3 Å². The highest BCUT2D eigenvalue weighted by Crippen LogP contribution is 2.18.